The molecule has 6 nitrogen and oxygen atoms in total. The van der Waals surface area contributed by atoms with Crippen LogP contribution in [0.2, 0.25) is 0 Å². The van der Waals surface area contributed by atoms with Crippen molar-refractivity contribution in [3.8, 4) is 0 Å². The largest absolute Gasteiger partial charge is 0.493 e. The lowest BCUT2D eigenvalue weighted by Crippen LogP contribution is -2.34. The fourth-order valence-electron chi connectivity index (χ4n) is 3.78. The Bertz CT molecular complexity index is 912. The Labute approximate surface area is 152 Å². The van der Waals surface area contributed by atoms with Gasteiger partial charge in [0.2, 0.25) is 5.91 Å². The summed E-state index contributed by atoms with van der Waals surface area (Å²) in [4.78, 5) is 23.9. The summed E-state index contributed by atoms with van der Waals surface area (Å²) in [7, 11) is 0. The average molecular weight is 350 g/mol. The van der Waals surface area contributed by atoms with Crippen molar-refractivity contribution in [2.75, 3.05) is 0 Å². The molecule has 3 heterocycles. The van der Waals surface area contributed by atoms with Crippen molar-refractivity contribution in [2.24, 2.45) is 5.92 Å². The zero-order chi connectivity index (χ0) is 18.1. The van der Waals surface area contributed by atoms with Gasteiger partial charge < -0.3 is 15.0 Å². The summed E-state index contributed by atoms with van der Waals surface area (Å²) < 4.78 is 5.80. The maximum absolute atomic E-state index is 11.7. The first-order chi connectivity index (χ1) is 12.7. The van der Waals surface area contributed by atoms with E-state index in [-0.39, 0.29) is 18.1 Å². The molecule has 2 aliphatic rings. The number of nitrogens with zero attached hydrogens (tertiary/aromatic N) is 2. The zero-order valence-electron chi connectivity index (χ0n) is 14.7. The van der Waals surface area contributed by atoms with Crippen LogP contribution in [0.1, 0.15) is 43.5 Å². The highest BCUT2D eigenvalue weighted by Gasteiger charge is 2.28. The molecule has 4 rings (SSSR count). The first-order valence-electron chi connectivity index (χ1n) is 8.94. The Morgan fingerprint density at radius 3 is 3.12 bits per heavy atom. The van der Waals surface area contributed by atoms with Crippen LogP contribution in [-0.4, -0.2) is 26.9 Å². The molecule has 0 spiro atoms. The molecular formula is C20H22N4O2. The van der Waals surface area contributed by atoms with Gasteiger partial charge in [-0.15, -0.1) is 0 Å². The molecule has 0 saturated heterocycles. The van der Waals surface area contributed by atoms with Crippen molar-refractivity contribution in [1.29, 1.82) is 0 Å². The molecule has 2 aromatic rings. The van der Waals surface area contributed by atoms with Crippen LogP contribution in [0.4, 0.5) is 0 Å². The number of carbonyl (C=O) groups excluding carboxylic acids is 1. The molecule has 2 aromatic heterocycles. The number of fused-ring (bicyclic) bond motifs is 1. The fraction of sp³-hybridized carbons (Fsp3) is 0.350. The molecule has 6 heteroatoms. The minimum Gasteiger partial charge on any atom is -0.493 e. The second-order valence-corrected chi connectivity index (χ2v) is 6.85. The number of aromatic amines is 1. The van der Waals surface area contributed by atoms with E-state index in [1.54, 1.807) is 12.6 Å². The SMILES string of the molecule is C=CC(=O)NC1CCC=C(c2ncnc3[nH]cc(C4OC=CC4C)c23)C1. The number of aromatic nitrogens is 3. The van der Waals surface area contributed by atoms with Gasteiger partial charge in [0.15, 0.2) is 0 Å². The topological polar surface area (TPSA) is 79.9 Å². The van der Waals surface area contributed by atoms with Gasteiger partial charge in [-0.25, -0.2) is 9.97 Å². The molecule has 0 bridgehead atoms. The summed E-state index contributed by atoms with van der Waals surface area (Å²) in [5.41, 5.74) is 3.95. The van der Waals surface area contributed by atoms with Gasteiger partial charge in [0.1, 0.15) is 18.1 Å². The number of amides is 1. The number of allylic oxidation sites excluding steroid dienone is 1. The summed E-state index contributed by atoms with van der Waals surface area (Å²) in [6, 6.07) is 0.0937. The number of hydrogen-bond donors (Lipinski definition) is 2. The maximum atomic E-state index is 11.7. The van der Waals surface area contributed by atoms with Crippen molar-refractivity contribution >= 4 is 22.5 Å². The lowest BCUT2D eigenvalue weighted by Gasteiger charge is -2.24. The number of nitrogens with one attached hydrogen (secondary N) is 2. The molecule has 2 N–H and O–H groups in total. The van der Waals surface area contributed by atoms with E-state index in [4.69, 9.17) is 4.74 Å². The number of rotatable bonds is 4. The van der Waals surface area contributed by atoms with E-state index in [0.29, 0.717) is 5.92 Å². The Morgan fingerprint density at radius 2 is 2.35 bits per heavy atom. The molecule has 3 unspecified atom stereocenters. The highest BCUT2D eigenvalue weighted by molar-refractivity contribution is 5.92. The van der Waals surface area contributed by atoms with Crippen LogP contribution in [-0.2, 0) is 9.53 Å². The van der Waals surface area contributed by atoms with E-state index >= 15 is 0 Å². The Balaban J connectivity index is 1.70. The van der Waals surface area contributed by atoms with E-state index in [1.807, 2.05) is 6.20 Å². The van der Waals surface area contributed by atoms with Crippen molar-refractivity contribution in [1.82, 2.24) is 20.3 Å². The summed E-state index contributed by atoms with van der Waals surface area (Å²) in [5.74, 6) is 0.160. The van der Waals surface area contributed by atoms with Crippen LogP contribution in [0.3, 0.4) is 0 Å². The number of H-pyrrole nitrogens is 1. The highest BCUT2D eigenvalue weighted by atomic mass is 16.5. The standard InChI is InChI=1S/C20H22N4O2/c1-3-16(25)24-14-6-4-5-13(9-14)18-17-15(19-12(2)7-8-26-19)10-21-20(17)23-11-22-18/h3,5,7-8,10-12,14,19H,1,4,6,9H2,2H3,(H,24,25)(H,21,22,23). The van der Waals surface area contributed by atoms with Crippen LogP contribution in [0.15, 0.2) is 43.6 Å². The van der Waals surface area contributed by atoms with E-state index in [1.165, 1.54) is 6.08 Å². The molecule has 0 saturated carbocycles. The second-order valence-electron chi connectivity index (χ2n) is 6.85. The number of hydrogen-bond acceptors (Lipinski definition) is 4. The Morgan fingerprint density at radius 1 is 1.46 bits per heavy atom. The zero-order valence-corrected chi connectivity index (χ0v) is 14.7. The lowest BCUT2D eigenvalue weighted by molar-refractivity contribution is -0.117. The average Bonchev–Trinajstić information content (AvgIpc) is 3.27. The van der Waals surface area contributed by atoms with Gasteiger partial charge >= 0.3 is 0 Å². The van der Waals surface area contributed by atoms with Gasteiger partial charge in [-0.1, -0.05) is 19.6 Å². The van der Waals surface area contributed by atoms with Gasteiger partial charge in [0.25, 0.3) is 0 Å². The third-order valence-corrected chi connectivity index (χ3v) is 5.10. The normalized spacial score (nSPS) is 25.0. The molecule has 0 radical (unpaired) electrons. The van der Waals surface area contributed by atoms with E-state index in [0.717, 1.165) is 47.1 Å². The molecule has 0 fully saturated rings. The quantitative estimate of drug-likeness (QED) is 0.828. The summed E-state index contributed by atoms with van der Waals surface area (Å²) >= 11 is 0. The van der Waals surface area contributed by atoms with Crippen LogP contribution >= 0.6 is 0 Å². The van der Waals surface area contributed by atoms with E-state index < -0.39 is 0 Å². The first kappa shape index (κ1) is 16.6. The van der Waals surface area contributed by atoms with Gasteiger partial charge in [-0.2, -0.15) is 0 Å². The monoisotopic (exact) mass is 350 g/mol. The highest BCUT2D eigenvalue weighted by Crippen LogP contribution is 2.39. The molecule has 0 aromatic carbocycles. The molecule has 1 amide bonds. The summed E-state index contributed by atoms with van der Waals surface area (Å²) in [6.45, 7) is 5.66. The smallest absolute Gasteiger partial charge is 0.243 e. The van der Waals surface area contributed by atoms with Crippen LogP contribution < -0.4 is 5.32 Å². The van der Waals surface area contributed by atoms with Crippen LogP contribution in [0, 0.1) is 5.92 Å². The molecule has 134 valence electrons. The van der Waals surface area contributed by atoms with E-state index in [2.05, 4.69) is 45.9 Å². The second kappa shape index (κ2) is 6.78. The van der Waals surface area contributed by atoms with Gasteiger partial charge in [-0.05, 0) is 37.0 Å². The molecule has 3 atom stereocenters. The van der Waals surface area contributed by atoms with Crippen LogP contribution in [0.5, 0.6) is 0 Å². The lowest BCUT2D eigenvalue weighted by atomic mass is 9.89. The maximum Gasteiger partial charge on any atom is 0.243 e. The third-order valence-electron chi connectivity index (χ3n) is 5.10. The Kier molecular flexibility index (Phi) is 4.32. The van der Waals surface area contributed by atoms with E-state index in [9.17, 15) is 4.79 Å². The van der Waals surface area contributed by atoms with Crippen molar-refractivity contribution in [3.63, 3.8) is 0 Å². The number of carbonyl (C=O) groups is 1. The minimum absolute atomic E-state index is 0.0334. The van der Waals surface area contributed by atoms with Crippen LogP contribution in [0.25, 0.3) is 16.6 Å². The first-order valence-corrected chi connectivity index (χ1v) is 8.94. The molecule has 26 heavy (non-hydrogen) atoms. The third kappa shape index (κ3) is 2.92. The predicted octanol–water partition coefficient (Wildman–Crippen LogP) is 3.42. The molecule has 1 aliphatic heterocycles. The van der Waals surface area contributed by atoms with Crippen molar-refractivity contribution < 1.29 is 9.53 Å². The predicted molar refractivity (Wildman–Crippen MR) is 100.0 cm³/mol. The van der Waals surface area contributed by atoms with Gasteiger partial charge in [0, 0.05) is 23.7 Å². The minimum atomic E-state index is -0.134. The Hall–Kier alpha value is -2.89. The van der Waals surface area contributed by atoms with Crippen molar-refractivity contribution in [3.05, 3.63) is 54.9 Å². The van der Waals surface area contributed by atoms with Gasteiger partial charge in [0.05, 0.1) is 17.3 Å². The number of ether oxygens (including phenoxy) is 1. The molecular weight excluding hydrogens is 328 g/mol. The van der Waals surface area contributed by atoms with Gasteiger partial charge in [-0.3, -0.25) is 4.79 Å². The fourth-order valence-corrected chi connectivity index (χ4v) is 3.78. The molecule has 1 aliphatic carbocycles. The summed E-state index contributed by atoms with van der Waals surface area (Å²) in [5, 5.41) is 4.01. The van der Waals surface area contributed by atoms with Crippen molar-refractivity contribution in [2.45, 2.75) is 38.3 Å². The summed E-state index contributed by atoms with van der Waals surface area (Å²) in [6.07, 6.45) is 13.4.